The predicted octanol–water partition coefficient (Wildman–Crippen LogP) is 1.97. The van der Waals surface area contributed by atoms with Crippen LogP contribution >= 0.6 is 0 Å². The lowest BCUT2D eigenvalue weighted by Crippen LogP contribution is -2.43. The van der Waals surface area contributed by atoms with E-state index in [0.29, 0.717) is 17.6 Å². The van der Waals surface area contributed by atoms with E-state index in [1.54, 1.807) is 24.3 Å². The van der Waals surface area contributed by atoms with Gasteiger partial charge in [-0.15, -0.1) is 0 Å². The predicted molar refractivity (Wildman–Crippen MR) is 97.1 cm³/mol. The summed E-state index contributed by atoms with van der Waals surface area (Å²) in [7, 11) is -3.74. The molecule has 0 aromatic heterocycles. The number of nitrogens with zero attached hydrogens (tertiary/aromatic N) is 2. The Labute approximate surface area is 147 Å². The molecule has 0 bridgehead atoms. The molecule has 25 heavy (non-hydrogen) atoms. The maximum Gasteiger partial charge on any atom is 0.265 e. The van der Waals surface area contributed by atoms with Crippen molar-refractivity contribution >= 4 is 32.4 Å². The first-order valence-corrected chi connectivity index (χ1v) is 9.88. The highest BCUT2D eigenvalue weighted by Gasteiger charge is 2.37. The second kappa shape index (κ2) is 7.01. The molecule has 7 heteroatoms. The van der Waals surface area contributed by atoms with Crippen LogP contribution in [0.3, 0.4) is 0 Å². The number of carbonyl (C=O) groups is 1. The van der Waals surface area contributed by atoms with E-state index in [0.717, 1.165) is 18.2 Å². The molecular weight excluding hydrogens is 340 g/mol. The van der Waals surface area contributed by atoms with Crippen molar-refractivity contribution in [1.82, 2.24) is 4.90 Å². The van der Waals surface area contributed by atoms with Gasteiger partial charge in [0.25, 0.3) is 10.0 Å². The van der Waals surface area contributed by atoms with E-state index in [1.165, 1.54) is 9.21 Å². The molecule has 1 N–H and O–H groups in total. The molecule has 0 fully saturated rings. The average molecular weight is 362 g/mol. The maximum absolute atomic E-state index is 12.9. The summed E-state index contributed by atoms with van der Waals surface area (Å²) >= 11 is 0. The number of rotatable bonds is 7. The fourth-order valence-corrected chi connectivity index (χ4v) is 4.84. The van der Waals surface area contributed by atoms with Gasteiger partial charge in [0.15, 0.2) is 0 Å². The zero-order valence-electron chi connectivity index (χ0n) is 14.2. The summed E-state index contributed by atoms with van der Waals surface area (Å²) in [5.74, 6) is -0.295. The second-order valence-corrected chi connectivity index (χ2v) is 7.93. The largest absolute Gasteiger partial charge is 0.395 e. The summed E-state index contributed by atoms with van der Waals surface area (Å²) in [6, 6.07) is 10.5. The van der Waals surface area contributed by atoms with Crippen molar-refractivity contribution in [3.63, 3.8) is 0 Å². The summed E-state index contributed by atoms with van der Waals surface area (Å²) < 4.78 is 27.0. The van der Waals surface area contributed by atoms with E-state index in [-0.39, 0.29) is 30.5 Å². The minimum Gasteiger partial charge on any atom is -0.395 e. The number of hydrogen-bond donors (Lipinski definition) is 1. The highest BCUT2D eigenvalue weighted by atomic mass is 32.2. The van der Waals surface area contributed by atoms with Gasteiger partial charge >= 0.3 is 0 Å². The van der Waals surface area contributed by atoms with Crippen LogP contribution < -0.4 is 4.31 Å². The van der Waals surface area contributed by atoms with E-state index in [1.807, 2.05) is 19.1 Å². The van der Waals surface area contributed by atoms with Gasteiger partial charge in [0.2, 0.25) is 5.91 Å². The molecule has 0 unspecified atom stereocenters. The SMILES string of the molecule is CCCCN(CCO)C(=O)CN1c2cccc3cccc(c23)S1(=O)=O. The second-order valence-electron chi connectivity index (χ2n) is 6.10. The Morgan fingerprint density at radius 3 is 2.56 bits per heavy atom. The van der Waals surface area contributed by atoms with Gasteiger partial charge in [-0.1, -0.05) is 37.6 Å². The van der Waals surface area contributed by atoms with Crippen LogP contribution in [0.25, 0.3) is 10.8 Å². The number of anilines is 1. The monoisotopic (exact) mass is 362 g/mol. The summed E-state index contributed by atoms with van der Waals surface area (Å²) in [5.41, 5.74) is 0.542. The maximum atomic E-state index is 12.9. The summed E-state index contributed by atoms with van der Waals surface area (Å²) in [4.78, 5) is 14.4. The average Bonchev–Trinajstić information content (AvgIpc) is 2.82. The van der Waals surface area contributed by atoms with Crippen molar-refractivity contribution in [2.24, 2.45) is 0 Å². The smallest absolute Gasteiger partial charge is 0.265 e. The summed E-state index contributed by atoms with van der Waals surface area (Å²) in [6.07, 6.45) is 1.73. The van der Waals surface area contributed by atoms with Crippen molar-refractivity contribution in [3.05, 3.63) is 36.4 Å². The first kappa shape index (κ1) is 17.7. The molecule has 0 aliphatic carbocycles. The molecule has 2 aromatic carbocycles. The molecule has 0 saturated heterocycles. The van der Waals surface area contributed by atoms with Crippen molar-refractivity contribution in [1.29, 1.82) is 0 Å². The Kier molecular flexibility index (Phi) is 4.96. The number of amides is 1. The molecule has 0 radical (unpaired) electrons. The first-order chi connectivity index (χ1) is 12.0. The Balaban J connectivity index is 1.93. The molecule has 0 saturated carbocycles. The fraction of sp³-hybridized carbons (Fsp3) is 0.389. The molecule has 1 aliphatic rings. The molecule has 1 amide bonds. The fourth-order valence-electron chi connectivity index (χ4n) is 3.18. The topological polar surface area (TPSA) is 77.9 Å². The van der Waals surface area contributed by atoms with Crippen LogP contribution in [0.15, 0.2) is 41.3 Å². The number of carbonyl (C=O) groups excluding carboxylic acids is 1. The van der Waals surface area contributed by atoms with Crippen molar-refractivity contribution in [2.75, 3.05) is 30.5 Å². The molecular formula is C18H22N2O4S. The Hall–Kier alpha value is -2.12. The third kappa shape index (κ3) is 3.09. The van der Waals surface area contributed by atoms with Gasteiger partial charge < -0.3 is 10.0 Å². The molecule has 0 atom stereocenters. The molecule has 134 valence electrons. The highest BCUT2D eigenvalue weighted by Crippen LogP contribution is 2.41. The summed E-state index contributed by atoms with van der Waals surface area (Å²) in [6.45, 7) is 2.35. The van der Waals surface area contributed by atoms with Crippen molar-refractivity contribution < 1.29 is 18.3 Å². The van der Waals surface area contributed by atoms with Crippen LogP contribution in [-0.4, -0.2) is 50.6 Å². The van der Waals surface area contributed by atoms with E-state index >= 15 is 0 Å². The van der Waals surface area contributed by atoms with Crippen molar-refractivity contribution in [3.8, 4) is 0 Å². The minimum atomic E-state index is -3.74. The molecule has 0 spiro atoms. The highest BCUT2D eigenvalue weighted by molar-refractivity contribution is 7.93. The number of aliphatic hydroxyl groups is 1. The molecule has 2 aromatic rings. The third-order valence-electron chi connectivity index (χ3n) is 4.46. The number of hydrogen-bond acceptors (Lipinski definition) is 4. The number of benzene rings is 2. The van der Waals surface area contributed by atoms with Crippen LogP contribution in [0.2, 0.25) is 0 Å². The Bertz CT molecular complexity index is 890. The summed E-state index contributed by atoms with van der Waals surface area (Å²) in [5, 5.41) is 10.7. The van der Waals surface area contributed by atoms with Crippen LogP contribution in [-0.2, 0) is 14.8 Å². The number of sulfonamides is 1. The van der Waals surface area contributed by atoms with Crippen LogP contribution in [0.1, 0.15) is 19.8 Å². The van der Waals surface area contributed by atoms with Gasteiger partial charge in [0, 0.05) is 18.5 Å². The lowest BCUT2D eigenvalue weighted by atomic mass is 10.1. The van der Waals surface area contributed by atoms with E-state index in [2.05, 4.69) is 0 Å². The minimum absolute atomic E-state index is 0.141. The Morgan fingerprint density at radius 2 is 1.88 bits per heavy atom. The molecule has 1 aliphatic heterocycles. The quantitative estimate of drug-likeness (QED) is 0.817. The lowest BCUT2D eigenvalue weighted by molar-refractivity contribution is -0.130. The van der Waals surface area contributed by atoms with Crippen LogP contribution in [0.4, 0.5) is 5.69 Å². The molecule has 6 nitrogen and oxygen atoms in total. The van der Waals surface area contributed by atoms with E-state index in [4.69, 9.17) is 0 Å². The number of unbranched alkanes of at least 4 members (excludes halogenated alkanes) is 1. The number of aliphatic hydroxyl groups excluding tert-OH is 1. The van der Waals surface area contributed by atoms with Gasteiger partial charge in [-0.05, 0) is 23.9 Å². The van der Waals surface area contributed by atoms with E-state index in [9.17, 15) is 18.3 Å². The van der Waals surface area contributed by atoms with Gasteiger partial charge in [0.1, 0.15) is 6.54 Å². The van der Waals surface area contributed by atoms with Crippen LogP contribution in [0, 0.1) is 0 Å². The molecule has 3 rings (SSSR count). The van der Waals surface area contributed by atoms with Gasteiger partial charge in [-0.3, -0.25) is 9.10 Å². The standard InChI is InChI=1S/C18H22N2O4S/c1-2-3-10-19(11-12-21)17(22)13-20-15-8-4-6-14-7-5-9-16(18(14)15)25(20,23)24/h4-9,21H,2-3,10-13H2,1H3. The zero-order valence-corrected chi connectivity index (χ0v) is 15.0. The Morgan fingerprint density at radius 1 is 1.16 bits per heavy atom. The normalized spacial score (nSPS) is 14.9. The van der Waals surface area contributed by atoms with Gasteiger partial charge in [-0.2, -0.15) is 0 Å². The lowest BCUT2D eigenvalue weighted by Gasteiger charge is -2.25. The van der Waals surface area contributed by atoms with Crippen molar-refractivity contribution in [2.45, 2.75) is 24.7 Å². The zero-order chi connectivity index (χ0) is 18.0. The van der Waals surface area contributed by atoms with Crippen LogP contribution in [0.5, 0.6) is 0 Å². The van der Waals surface area contributed by atoms with E-state index < -0.39 is 10.0 Å². The molecule has 1 heterocycles. The van der Waals surface area contributed by atoms with Gasteiger partial charge in [-0.25, -0.2) is 8.42 Å². The third-order valence-corrected chi connectivity index (χ3v) is 6.27. The first-order valence-electron chi connectivity index (χ1n) is 8.43. The van der Waals surface area contributed by atoms with Gasteiger partial charge in [0.05, 0.1) is 17.2 Å².